The van der Waals surface area contributed by atoms with Crippen LogP contribution in [0.3, 0.4) is 0 Å². The van der Waals surface area contributed by atoms with Crippen LogP contribution in [0, 0.1) is 12.6 Å². The third-order valence-electron chi connectivity index (χ3n) is 2.16. The summed E-state index contributed by atoms with van der Waals surface area (Å²) in [5.41, 5.74) is 0.731. The lowest BCUT2D eigenvalue weighted by Crippen LogP contribution is -2.21. The number of ether oxygens (including phenoxy) is 1. The van der Waals surface area contributed by atoms with Crippen molar-refractivity contribution in [2.45, 2.75) is 17.2 Å². The van der Waals surface area contributed by atoms with Crippen LogP contribution in [0.2, 0.25) is 0 Å². The van der Waals surface area contributed by atoms with Crippen LogP contribution in [0.25, 0.3) is 0 Å². The molecule has 0 aromatic carbocycles. The minimum absolute atomic E-state index is 0.0869. The van der Waals surface area contributed by atoms with Crippen molar-refractivity contribution in [3.8, 4) is 0 Å². The molecule has 0 saturated carbocycles. The number of hydrogen-bond acceptors (Lipinski definition) is 2. The van der Waals surface area contributed by atoms with E-state index in [4.69, 9.17) is 4.74 Å². The average Bonchev–Trinajstić information content (AvgIpc) is 2.18. The molecule has 1 aromatic heterocycles. The molecule has 1 aromatic rings. The molecule has 2 atom stereocenters. The molecule has 4 heteroatoms. The Kier molecular flexibility index (Phi) is 3.13. The maximum Gasteiger partial charge on any atom is 0.213 e. The first-order chi connectivity index (χ1) is 6.75. The van der Waals surface area contributed by atoms with E-state index in [0.29, 0.717) is 11.4 Å². The smallest absolute Gasteiger partial charge is 0.213 e. The molecule has 2 unspecified atom stereocenters. The molecule has 1 saturated heterocycles. The van der Waals surface area contributed by atoms with E-state index in [9.17, 15) is 4.39 Å². The molecular weight excluding hydrogens is 249 g/mol. The van der Waals surface area contributed by atoms with Crippen molar-refractivity contribution in [1.82, 2.24) is 4.98 Å². The van der Waals surface area contributed by atoms with Gasteiger partial charge in [0.2, 0.25) is 5.95 Å². The normalized spacial score (nSPS) is 27.6. The van der Waals surface area contributed by atoms with Crippen molar-refractivity contribution in [2.24, 2.45) is 0 Å². The predicted molar refractivity (Wildman–Crippen MR) is 54.5 cm³/mol. The highest BCUT2D eigenvalue weighted by Crippen LogP contribution is 2.30. The van der Waals surface area contributed by atoms with Crippen LogP contribution in [0.15, 0.2) is 18.2 Å². The molecule has 75 valence electrons. The fourth-order valence-corrected chi connectivity index (χ4v) is 2.05. The van der Waals surface area contributed by atoms with Crippen molar-refractivity contribution in [2.75, 3.05) is 6.61 Å². The maximum absolute atomic E-state index is 12.8. The second-order valence-corrected chi connectivity index (χ2v) is 4.59. The van der Waals surface area contributed by atoms with Crippen LogP contribution in [0.1, 0.15) is 18.0 Å². The number of aromatic nitrogens is 1. The Morgan fingerprint density at radius 3 is 3.07 bits per heavy atom. The summed E-state index contributed by atoms with van der Waals surface area (Å²) < 4.78 is 18.1. The summed E-state index contributed by atoms with van der Waals surface area (Å²) in [6.45, 7) is 2.41. The molecule has 1 aliphatic heterocycles. The quantitative estimate of drug-likeness (QED) is 0.571. The van der Waals surface area contributed by atoms with Gasteiger partial charge >= 0.3 is 0 Å². The first-order valence-electron chi connectivity index (χ1n) is 4.47. The Bertz CT molecular complexity index is 321. The van der Waals surface area contributed by atoms with E-state index >= 15 is 0 Å². The standard InChI is InChI=1S/C10H10BrFNO/c11-8-4-7(5-14-6-8)9-2-1-3-10(12)13-9/h1-3,5,7-8H,4,6H2. The molecule has 14 heavy (non-hydrogen) atoms. The van der Waals surface area contributed by atoms with E-state index in [-0.39, 0.29) is 5.92 Å². The fraction of sp³-hybridized carbons (Fsp3) is 0.400. The SMILES string of the molecule is Fc1cccc(C2[CH]OCC(Br)C2)n1. The summed E-state index contributed by atoms with van der Waals surface area (Å²) in [5, 5.41) is 0. The first-order valence-corrected chi connectivity index (χ1v) is 5.39. The zero-order valence-corrected chi connectivity index (χ0v) is 9.08. The number of halogens is 2. The monoisotopic (exact) mass is 258 g/mol. The van der Waals surface area contributed by atoms with Gasteiger partial charge in [0.15, 0.2) is 0 Å². The van der Waals surface area contributed by atoms with Crippen LogP contribution in [0.5, 0.6) is 0 Å². The summed E-state index contributed by atoms with van der Waals surface area (Å²) in [7, 11) is 0. The molecule has 0 spiro atoms. The highest BCUT2D eigenvalue weighted by Gasteiger charge is 2.23. The van der Waals surface area contributed by atoms with Gasteiger partial charge in [-0.25, -0.2) is 4.98 Å². The van der Waals surface area contributed by atoms with Gasteiger partial charge in [0.1, 0.15) is 0 Å². The van der Waals surface area contributed by atoms with Gasteiger partial charge in [0.05, 0.1) is 13.2 Å². The Hall–Kier alpha value is -0.480. The number of hydrogen-bond donors (Lipinski definition) is 0. The van der Waals surface area contributed by atoms with Gasteiger partial charge in [0, 0.05) is 16.4 Å². The van der Waals surface area contributed by atoms with Gasteiger partial charge < -0.3 is 4.74 Å². The molecule has 2 rings (SSSR count). The molecular formula is C10H10BrFNO. The van der Waals surface area contributed by atoms with E-state index in [1.807, 2.05) is 6.07 Å². The molecule has 0 bridgehead atoms. The Morgan fingerprint density at radius 1 is 1.50 bits per heavy atom. The third kappa shape index (κ3) is 2.30. The summed E-state index contributed by atoms with van der Waals surface area (Å²) in [6, 6.07) is 4.83. The van der Waals surface area contributed by atoms with Gasteiger partial charge in [-0.05, 0) is 18.6 Å². The largest absolute Gasteiger partial charge is 0.374 e. The lowest BCUT2D eigenvalue weighted by atomic mass is 9.98. The van der Waals surface area contributed by atoms with Crippen LogP contribution in [-0.4, -0.2) is 16.4 Å². The lowest BCUT2D eigenvalue weighted by molar-refractivity contribution is 0.146. The van der Waals surface area contributed by atoms with E-state index < -0.39 is 5.95 Å². The Balaban J connectivity index is 2.14. The highest BCUT2D eigenvalue weighted by atomic mass is 79.9. The predicted octanol–water partition coefficient (Wildman–Crippen LogP) is 2.65. The number of pyridine rings is 1. The third-order valence-corrected chi connectivity index (χ3v) is 2.80. The van der Waals surface area contributed by atoms with Gasteiger partial charge in [0.25, 0.3) is 0 Å². The highest BCUT2D eigenvalue weighted by molar-refractivity contribution is 9.09. The summed E-state index contributed by atoms with van der Waals surface area (Å²) in [6.07, 6.45) is 0.899. The number of nitrogens with zero attached hydrogens (tertiary/aromatic N) is 1. The number of alkyl halides is 1. The second kappa shape index (κ2) is 4.36. The van der Waals surface area contributed by atoms with Gasteiger partial charge in [-0.1, -0.05) is 22.0 Å². The molecule has 0 amide bonds. The van der Waals surface area contributed by atoms with Crippen LogP contribution >= 0.6 is 15.9 Å². The van der Waals surface area contributed by atoms with Crippen LogP contribution in [-0.2, 0) is 4.74 Å². The minimum Gasteiger partial charge on any atom is -0.374 e. The zero-order valence-electron chi connectivity index (χ0n) is 7.49. The first kappa shape index (κ1) is 10.1. The second-order valence-electron chi connectivity index (χ2n) is 3.29. The summed E-state index contributed by atoms with van der Waals surface area (Å²) >= 11 is 3.48. The molecule has 1 aliphatic rings. The molecule has 1 fully saturated rings. The maximum atomic E-state index is 12.8. The Labute approximate surface area is 90.6 Å². The van der Waals surface area contributed by atoms with Crippen molar-refractivity contribution < 1.29 is 9.13 Å². The Morgan fingerprint density at radius 2 is 2.36 bits per heavy atom. The van der Waals surface area contributed by atoms with Crippen molar-refractivity contribution in [3.63, 3.8) is 0 Å². The average molecular weight is 259 g/mol. The molecule has 2 nitrogen and oxygen atoms in total. The van der Waals surface area contributed by atoms with Crippen molar-refractivity contribution >= 4 is 15.9 Å². The van der Waals surface area contributed by atoms with Crippen molar-refractivity contribution in [1.29, 1.82) is 0 Å². The van der Waals surface area contributed by atoms with E-state index in [1.54, 1.807) is 12.7 Å². The fourth-order valence-electron chi connectivity index (χ4n) is 1.50. The molecule has 2 heterocycles. The van der Waals surface area contributed by atoms with E-state index in [2.05, 4.69) is 20.9 Å². The van der Waals surface area contributed by atoms with Gasteiger partial charge in [-0.15, -0.1) is 0 Å². The minimum atomic E-state index is -0.437. The lowest BCUT2D eigenvalue weighted by Gasteiger charge is -2.24. The van der Waals surface area contributed by atoms with Crippen LogP contribution < -0.4 is 0 Å². The molecule has 0 aliphatic carbocycles. The van der Waals surface area contributed by atoms with Gasteiger partial charge in [-0.2, -0.15) is 4.39 Å². The molecule has 1 radical (unpaired) electrons. The van der Waals surface area contributed by atoms with Gasteiger partial charge in [-0.3, -0.25) is 0 Å². The zero-order chi connectivity index (χ0) is 9.97. The van der Waals surface area contributed by atoms with Crippen molar-refractivity contribution in [3.05, 3.63) is 36.4 Å². The molecule has 0 N–H and O–H groups in total. The van der Waals surface area contributed by atoms with E-state index in [1.165, 1.54) is 6.07 Å². The van der Waals surface area contributed by atoms with Crippen LogP contribution in [0.4, 0.5) is 4.39 Å². The number of rotatable bonds is 1. The van der Waals surface area contributed by atoms with E-state index in [0.717, 1.165) is 12.1 Å². The summed E-state index contributed by atoms with van der Waals surface area (Å²) in [4.78, 5) is 4.15. The topological polar surface area (TPSA) is 22.1 Å². The summed E-state index contributed by atoms with van der Waals surface area (Å²) in [5.74, 6) is -0.351.